The summed E-state index contributed by atoms with van der Waals surface area (Å²) in [5, 5.41) is 32.5. The van der Waals surface area contributed by atoms with Gasteiger partial charge in [-0.15, -0.1) is 0 Å². The molecular formula is C10H19N3O3. The van der Waals surface area contributed by atoms with Crippen LogP contribution in [0.5, 0.6) is 0 Å². The number of aliphatic hydroxyl groups is 3. The van der Waals surface area contributed by atoms with E-state index in [1.165, 1.54) is 0 Å². The van der Waals surface area contributed by atoms with Gasteiger partial charge in [0.1, 0.15) is 11.6 Å². The number of hydrogen-bond acceptors (Lipinski definition) is 5. The maximum atomic E-state index is 8.96. The first kappa shape index (κ1) is 12.8. The van der Waals surface area contributed by atoms with Gasteiger partial charge in [-0.2, -0.15) is 0 Å². The molecule has 1 aromatic heterocycles. The lowest BCUT2D eigenvalue weighted by molar-refractivity contribution is 0.277. The lowest BCUT2D eigenvalue weighted by Gasteiger charge is -2.13. The summed E-state index contributed by atoms with van der Waals surface area (Å²) in [4.78, 5) is 0. The van der Waals surface area contributed by atoms with Crippen LogP contribution in [0.15, 0.2) is 12.1 Å². The largest absolute Gasteiger partial charge is 0.395 e. The number of aromatic nitrogens is 1. The van der Waals surface area contributed by atoms with Gasteiger partial charge in [-0.3, -0.25) is 0 Å². The molecule has 6 heteroatoms. The Morgan fingerprint density at radius 1 is 0.875 bits per heavy atom. The maximum absolute atomic E-state index is 8.96. The van der Waals surface area contributed by atoms with Crippen molar-refractivity contribution in [3.63, 3.8) is 0 Å². The first-order chi connectivity index (χ1) is 7.83. The molecule has 1 rings (SSSR count). The van der Waals surface area contributed by atoms with Crippen LogP contribution in [-0.2, 0) is 6.54 Å². The molecule has 0 saturated carbocycles. The molecule has 1 heterocycles. The monoisotopic (exact) mass is 229 g/mol. The molecule has 6 nitrogen and oxygen atoms in total. The third-order valence-corrected chi connectivity index (χ3v) is 2.14. The lowest BCUT2D eigenvalue weighted by Crippen LogP contribution is -2.15. The average molecular weight is 229 g/mol. The van der Waals surface area contributed by atoms with Gasteiger partial charge < -0.3 is 30.5 Å². The lowest BCUT2D eigenvalue weighted by atomic mass is 10.5. The van der Waals surface area contributed by atoms with Crippen molar-refractivity contribution < 1.29 is 15.3 Å². The molecule has 0 saturated heterocycles. The summed E-state index contributed by atoms with van der Waals surface area (Å²) < 4.78 is 1.87. The molecule has 0 aromatic carbocycles. The zero-order valence-electron chi connectivity index (χ0n) is 9.19. The third-order valence-electron chi connectivity index (χ3n) is 2.14. The standard InChI is InChI=1S/C10H19N3O3/c14-6-3-11-9-1-2-10(12-4-7-15)13(9)5-8-16/h1-2,11-12,14-16H,3-8H2. The van der Waals surface area contributed by atoms with E-state index in [0.29, 0.717) is 19.6 Å². The Morgan fingerprint density at radius 2 is 1.38 bits per heavy atom. The summed E-state index contributed by atoms with van der Waals surface area (Å²) >= 11 is 0. The van der Waals surface area contributed by atoms with Crippen LogP contribution in [0, 0.1) is 0 Å². The molecular weight excluding hydrogens is 210 g/mol. The second kappa shape index (κ2) is 7.10. The van der Waals surface area contributed by atoms with Gasteiger partial charge in [-0.25, -0.2) is 0 Å². The van der Waals surface area contributed by atoms with Crippen LogP contribution in [0.3, 0.4) is 0 Å². The highest BCUT2D eigenvalue weighted by Crippen LogP contribution is 2.18. The molecule has 0 aliphatic rings. The maximum Gasteiger partial charge on any atom is 0.107 e. The number of hydrogen-bond donors (Lipinski definition) is 5. The quantitative estimate of drug-likeness (QED) is 0.406. The fourth-order valence-electron chi connectivity index (χ4n) is 1.49. The first-order valence-electron chi connectivity index (χ1n) is 5.33. The molecule has 0 fully saturated rings. The molecule has 0 unspecified atom stereocenters. The van der Waals surface area contributed by atoms with E-state index in [2.05, 4.69) is 10.6 Å². The molecule has 0 amide bonds. The molecule has 0 spiro atoms. The van der Waals surface area contributed by atoms with Crippen molar-refractivity contribution in [2.24, 2.45) is 0 Å². The van der Waals surface area contributed by atoms with E-state index < -0.39 is 0 Å². The highest BCUT2D eigenvalue weighted by Gasteiger charge is 2.06. The van der Waals surface area contributed by atoms with Crippen molar-refractivity contribution in [3.8, 4) is 0 Å². The van der Waals surface area contributed by atoms with E-state index in [1.54, 1.807) is 0 Å². The van der Waals surface area contributed by atoms with Gasteiger partial charge in [0.25, 0.3) is 0 Å². The Bertz CT molecular complexity index is 276. The van der Waals surface area contributed by atoms with Crippen LogP contribution >= 0.6 is 0 Å². The van der Waals surface area contributed by atoms with E-state index in [1.807, 2.05) is 16.7 Å². The zero-order chi connectivity index (χ0) is 11.8. The van der Waals surface area contributed by atoms with E-state index in [0.717, 1.165) is 11.6 Å². The smallest absolute Gasteiger partial charge is 0.107 e. The van der Waals surface area contributed by atoms with Gasteiger partial charge in [0.2, 0.25) is 0 Å². The van der Waals surface area contributed by atoms with Crippen LogP contribution < -0.4 is 10.6 Å². The zero-order valence-corrected chi connectivity index (χ0v) is 9.19. The highest BCUT2D eigenvalue weighted by atomic mass is 16.3. The predicted molar refractivity (Wildman–Crippen MR) is 62.7 cm³/mol. The van der Waals surface area contributed by atoms with Gasteiger partial charge in [0.15, 0.2) is 0 Å². The van der Waals surface area contributed by atoms with Crippen LogP contribution in [0.2, 0.25) is 0 Å². The van der Waals surface area contributed by atoms with E-state index in [4.69, 9.17) is 15.3 Å². The molecule has 92 valence electrons. The number of rotatable bonds is 8. The second-order valence-corrected chi connectivity index (χ2v) is 3.28. The van der Waals surface area contributed by atoms with Crippen molar-refractivity contribution >= 4 is 11.6 Å². The minimum atomic E-state index is 0.0380. The molecule has 5 N–H and O–H groups in total. The Morgan fingerprint density at radius 3 is 1.75 bits per heavy atom. The van der Waals surface area contributed by atoms with Crippen LogP contribution in [-0.4, -0.2) is 52.8 Å². The summed E-state index contributed by atoms with van der Waals surface area (Å²) in [6.45, 7) is 1.56. The Hall–Kier alpha value is -1.24. The summed E-state index contributed by atoms with van der Waals surface area (Å²) in [5.74, 6) is 1.67. The Labute approximate surface area is 94.5 Å². The van der Waals surface area contributed by atoms with Crippen molar-refractivity contribution in [1.29, 1.82) is 0 Å². The fourth-order valence-corrected chi connectivity index (χ4v) is 1.49. The molecule has 0 bridgehead atoms. The van der Waals surface area contributed by atoms with Crippen molar-refractivity contribution in [2.45, 2.75) is 6.54 Å². The highest BCUT2D eigenvalue weighted by molar-refractivity contribution is 5.51. The average Bonchev–Trinajstić information content (AvgIpc) is 2.67. The molecule has 0 atom stereocenters. The van der Waals surface area contributed by atoms with Gasteiger partial charge >= 0.3 is 0 Å². The topological polar surface area (TPSA) is 89.7 Å². The predicted octanol–water partition coefficient (Wildman–Crippen LogP) is -0.711. The Kier molecular flexibility index (Phi) is 5.69. The fraction of sp³-hybridized carbons (Fsp3) is 0.600. The molecule has 0 radical (unpaired) electrons. The van der Waals surface area contributed by atoms with Crippen molar-refractivity contribution in [1.82, 2.24) is 4.57 Å². The van der Waals surface area contributed by atoms with Crippen molar-refractivity contribution in [2.75, 3.05) is 43.5 Å². The summed E-state index contributed by atoms with van der Waals surface area (Å²) in [6, 6.07) is 3.73. The summed E-state index contributed by atoms with van der Waals surface area (Å²) in [6.07, 6.45) is 0. The molecule has 1 aromatic rings. The third kappa shape index (κ3) is 3.41. The Balaban J connectivity index is 2.70. The first-order valence-corrected chi connectivity index (χ1v) is 5.33. The van der Waals surface area contributed by atoms with E-state index >= 15 is 0 Å². The SMILES string of the molecule is OCCNc1ccc(NCCO)n1CCO. The van der Waals surface area contributed by atoms with Gasteiger partial charge in [-0.1, -0.05) is 0 Å². The number of nitrogens with one attached hydrogen (secondary N) is 2. The van der Waals surface area contributed by atoms with E-state index in [9.17, 15) is 0 Å². The summed E-state index contributed by atoms with van der Waals surface area (Å²) in [7, 11) is 0. The molecule has 0 aliphatic heterocycles. The van der Waals surface area contributed by atoms with Crippen LogP contribution in [0.1, 0.15) is 0 Å². The minimum Gasteiger partial charge on any atom is -0.395 e. The van der Waals surface area contributed by atoms with Crippen LogP contribution in [0.25, 0.3) is 0 Å². The van der Waals surface area contributed by atoms with E-state index in [-0.39, 0.29) is 19.8 Å². The van der Waals surface area contributed by atoms with Gasteiger partial charge in [0, 0.05) is 19.6 Å². The number of aliphatic hydroxyl groups excluding tert-OH is 3. The molecule has 16 heavy (non-hydrogen) atoms. The number of anilines is 2. The second-order valence-electron chi connectivity index (χ2n) is 3.28. The number of nitrogens with zero attached hydrogens (tertiary/aromatic N) is 1. The van der Waals surface area contributed by atoms with Crippen LogP contribution in [0.4, 0.5) is 11.6 Å². The minimum absolute atomic E-state index is 0.0380. The van der Waals surface area contributed by atoms with Gasteiger partial charge in [0.05, 0.1) is 19.8 Å². The normalized spacial score (nSPS) is 10.4. The van der Waals surface area contributed by atoms with Crippen molar-refractivity contribution in [3.05, 3.63) is 12.1 Å². The summed E-state index contributed by atoms with van der Waals surface area (Å²) in [5.41, 5.74) is 0. The van der Waals surface area contributed by atoms with Gasteiger partial charge in [-0.05, 0) is 12.1 Å². The molecule has 0 aliphatic carbocycles.